The fourth-order valence-corrected chi connectivity index (χ4v) is 1.92. The summed E-state index contributed by atoms with van der Waals surface area (Å²) in [5.41, 5.74) is 1.71. The number of unbranched alkanes of at least 4 members (excludes halogenated alkanes) is 1. The van der Waals surface area contributed by atoms with Crippen molar-refractivity contribution >= 4 is 28.9 Å². The lowest BCUT2D eigenvalue weighted by molar-refractivity contribution is -0.115. The minimum Gasteiger partial charge on any atom is -0.395 e. The number of aliphatic hydroxyl groups excluding tert-OH is 1. The normalized spacial score (nSPS) is 12.0. The van der Waals surface area contributed by atoms with E-state index in [0.717, 1.165) is 30.8 Å². The van der Waals surface area contributed by atoms with E-state index >= 15 is 0 Å². The maximum atomic E-state index is 11.6. The summed E-state index contributed by atoms with van der Waals surface area (Å²) >= 11 is 5.74. The number of aliphatic hydroxyl groups is 1. The van der Waals surface area contributed by atoms with Crippen LogP contribution in [0.5, 0.6) is 0 Å². The summed E-state index contributed by atoms with van der Waals surface area (Å²) in [5, 5.41) is 11.4. The van der Waals surface area contributed by atoms with Crippen LogP contribution in [-0.2, 0) is 4.79 Å². The molecule has 4 nitrogen and oxygen atoms in total. The van der Waals surface area contributed by atoms with Gasteiger partial charge in [-0.25, -0.2) is 0 Å². The molecule has 0 aliphatic heterocycles. The van der Waals surface area contributed by atoms with E-state index in [2.05, 4.69) is 17.1 Å². The molecule has 0 aliphatic carbocycles. The lowest BCUT2D eigenvalue weighted by atomic mass is 10.2. The third-order valence-electron chi connectivity index (χ3n) is 2.99. The highest BCUT2D eigenvalue weighted by Gasteiger charge is 2.11. The minimum absolute atomic E-state index is 0.110. The van der Waals surface area contributed by atoms with E-state index in [-0.39, 0.29) is 12.5 Å². The van der Waals surface area contributed by atoms with Crippen molar-refractivity contribution in [1.82, 2.24) is 0 Å². The molecule has 1 rings (SSSR count). The Morgan fingerprint density at radius 2 is 2.20 bits per heavy atom. The summed E-state index contributed by atoms with van der Waals surface area (Å²) in [6.45, 7) is 5.36. The van der Waals surface area contributed by atoms with Gasteiger partial charge in [0.15, 0.2) is 0 Å². The highest BCUT2D eigenvalue weighted by atomic mass is 35.5. The Kier molecular flexibility index (Phi) is 7.41. The Balaban J connectivity index is 2.80. The van der Waals surface area contributed by atoms with Crippen LogP contribution >= 0.6 is 11.6 Å². The van der Waals surface area contributed by atoms with Crippen LogP contribution in [0.1, 0.15) is 26.7 Å². The molecule has 0 fully saturated rings. The summed E-state index contributed by atoms with van der Waals surface area (Å²) in [6.07, 6.45) is 2.16. The number of benzene rings is 1. The summed E-state index contributed by atoms with van der Waals surface area (Å²) in [5.74, 6) is -0.217. The average Bonchev–Trinajstić information content (AvgIpc) is 2.43. The van der Waals surface area contributed by atoms with Crippen molar-refractivity contribution in [2.24, 2.45) is 0 Å². The SMILES string of the molecule is CCCCN(CCO)c1cccc(NC(=O)C(C)Cl)c1. The van der Waals surface area contributed by atoms with Crippen LogP contribution in [0.15, 0.2) is 24.3 Å². The van der Waals surface area contributed by atoms with E-state index in [1.165, 1.54) is 0 Å². The molecule has 5 heteroatoms. The van der Waals surface area contributed by atoms with Gasteiger partial charge in [0.2, 0.25) is 5.91 Å². The van der Waals surface area contributed by atoms with Crippen molar-refractivity contribution in [3.63, 3.8) is 0 Å². The first-order valence-electron chi connectivity index (χ1n) is 6.99. The number of hydrogen-bond acceptors (Lipinski definition) is 3. The number of carbonyl (C=O) groups is 1. The van der Waals surface area contributed by atoms with Gasteiger partial charge >= 0.3 is 0 Å². The lowest BCUT2D eigenvalue weighted by Gasteiger charge is -2.24. The molecule has 0 aromatic heterocycles. The number of anilines is 2. The van der Waals surface area contributed by atoms with Crippen LogP contribution in [0, 0.1) is 0 Å². The van der Waals surface area contributed by atoms with Gasteiger partial charge in [-0.15, -0.1) is 11.6 Å². The second-order valence-electron chi connectivity index (χ2n) is 4.72. The van der Waals surface area contributed by atoms with E-state index in [0.29, 0.717) is 6.54 Å². The molecule has 0 bridgehead atoms. The maximum Gasteiger partial charge on any atom is 0.242 e. The molecule has 20 heavy (non-hydrogen) atoms. The van der Waals surface area contributed by atoms with E-state index in [9.17, 15) is 4.79 Å². The number of nitrogens with zero attached hydrogens (tertiary/aromatic N) is 1. The zero-order valence-electron chi connectivity index (χ0n) is 12.1. The summed E-state index contributed by atoms with van der Waals surface area (Å²) in [6, 6.07) is 7.60. The lowest BCUT2D eigenvalue weighted by Crippen LogP contribution is -2.28. The van der Waals surface area contributed by atoms with Crippen LogP contribution in [0.4, 0.5) is 11.4 Å². The molecule has 2 N–H and O–H groups in total. The van der Waals surface area contributed by atoms with Crippen molar-refractivity contribution in [3.05, 3.63) is 24.3 Å². The van der Waals surface area contributed by atoms with Gasteiger partial charge in [0, 0.05) is 24.5 Å². The van der Waals surface area contributed by atoms with Gasteiger partial charge in [0.05, 0.1) is 6.61 Å². The summed E-state index contributed by atoms with van der Waals surface area (Å²) in [7, 11) is 0. The Morgan fingerprint density at radius 3 is 2.80 bits per heavy atom. The Hall–Kier alpha value is -1.26. The Morgan fingerprint density at radius 1 is 1.45 bits per heavy atom. The Bertz CT molecular complexity index is 424. The van der Waals surface area contributed by atoms with E-state index in [4.69, 9.17) is 16.7 Å². The van der Waals surface area contributed by atoms with Gasteiger partial charge in [-0.2, -0.15) is 0 Å². The first kappa shape index (κ1) is 16.8. The zero-order valence-corrected chi connectivity index (χ0v) is 12.9. The first-order chi connectivity index (χ1) is 9.58. The molecule has 1 aromatic carbocycles. The molecular formula is C15H23ClN2O2. The van der Waals surface area contributed by atoms with Crippen molar-refractivity contribution in [2.45, 2.75) is 32.1 Å². The second kappa shape index (κ2) is 8.82. The molecule has 1 unspecified atom stereocenters. The predicted octanol–water partition coefficient (Wildman–Crippen LogP) is 2.85. The van der Waals surface area contributed by atoms with Crippen LogP contribution in [0.3, 0.4) is 0 Å². The number of rotatable bonds is 8. The van der Waals surface area contributed by atoms with Crippen molar-refractivity contribution in [2.75, 3.05) is 29.9 Å². The minimum atomic E-state index is -0.563. The standard InChI is InChI=1S/C15H23ClN2O2/c1-3-4-8-18(9-10-19)14-7-5-6-13(11-14)17-15(20)12(2)16/h5-7,11-12,19H,3-4,8-10H2,1-2H3,(H,17,20). The number of halogens is 1. The van der Waals surface area contributed by atoms with Gasteiger partial charge < -0.3 is 15.3 Å². The van der Waals surface area contributed by atoms with Crippen LogP contribution in [0.25, 0.3) is 0 Å². The quantitative estimate of drug-likeness (QED) is 0.726. The number of alkyl halides is 1. The van der Waals surface area contributed by atoms with Crippen LogP contribution in [-0.4, -0.2) is 36.1 Å². The molecule has 1 atom stereocenters. The number of hydrogen-bond donors (Lipinski definition) is 2. The average molecular weight is 299 g/mol. The molecule has 112 valence electrons. The highest BCUT2D eigenvalue weighted by molar-refractivity contribution is 6.32. The van der Waals surface area contributed by atoms with Crippen molar-refractivity contribution in [1.29, 1.82) is 0 Å². The van der Waals surface area contributed by atoms with E-state index in [1.807, 2.05) is 24.3 Å². The van der Waals surface area contributed by atoms with Crippen LogP contribution in [0.2, 0.25) is 0 Å². The molecule has 1 aromatic rings. The number of amides is 1. The van der Waals surface area contributed by atoms with Crippen molar-refractivity contribution < 1.29 is 9.90 Å². The van der Waals surface area contributed by atoms with E-state index < -0.39 is 5.38 Å². The van der Waals surface area contributed by atoms with Gasteiger partial charge in [-0.05, 0) is 31.5 Å². The molecule has 0 spiro atoms. The molecule has 1 amide bonds. The zero-order chi connectivity index (χ0) is 15.0. The monoisotopic (exact) mass is 298 g/mol. The predicted molar refractivity (Wildman–Crippen MR) is 84.6 cm³/mol. The topological polar surface area (TPSA) is 52.6 Å². The third-order valence-corrected chi connectivity index (χ3v) is 3.19. The van der Waals surface area contributed by atoms with Crippen molar-refractivity contribution in [3.8, 4) is 0 Å². The van der Waals surface area contributed by atoms with Crippen LogP contribution < -0.4 is 10.2 Å². The molecule has 0 saturated carbocycles. The summed E-state index contributed by atoms with van der Waals surface area (Å²) < 4.78 is 0. The molecular weight excluding hydrogens is 276 g/mol. The van der Waals surface area contributed by atoms with Gasteiger partial charge in [0.25, 0.3) is 0 Å². The molecule has 0 heterocycles. The Labute approximate surface area is 125 Å². The summed E-state index contributed by atoms with van der Waals surface area (Å²) in [4.78, 5) is 13.7. The third kappa shape index (κ3) is 5.39. The van der Waals surface area contributed by atoms with Gasteiger partial charge in [-0.3, -0.25) is 4.79 Å². The first-order valence-corrected chi connectivity index (χ1v) is 7.43. The fraction of sp³-hybridized carbons (Fsp3) is 0.533. The second-order valence-corrected chi connectivity index (χ2v) is 5.37. The molecule has 0 aliphatic rings. The van der Waals surface area contributed by atoms with E-state index in [1.54, 1.807) is 6.92 Å². The smallest absolute Gasteiger partial charge is 0.242 e. The molecule has 0 saturated heterocycles. The van der Waals surface area contributed by atoms with Gasteiger partial charge in [-0.1, -0.05) is 19.4 Å². The molecule has 0 radical (unpaired) electrons. The highest BCUT2D eigenvalue weighted by Crippen LogP contribution is 2.20. The number of carbonyl (C=O) groups excluding carboxylic acids is 1. The van der Waals surface area contributed by atoms with Gasteiger partial charge in [0.1, 0.15) is 5.38 Å². The maximum absolute atomic E-state index is 11.6. The fourth-order valence-electron chi connectivity index (χ4n) is 1.86. The largest absolute Gasteiger partial charge is 0.395 e. The number of nitrogens with one attached hydrogen (secondary N) is 1.